The van der Waals surface area contributed by atoms with Crippen molar-refractivity contribution in [3.63, 3.8) is 0 Å². The Labute approximate surface area is 130 Å². The lowest BCUT2D eigenvalue weighted by Crippen LogP contribution is -2.44. The first-order chi connectivity index (χ1) is 10.6. The minimum absolute atomic E-state index is 0.0822. The van der Waals surface area contributed by atoms with Crippen LogP contribution in [0, 0.1) is 5.41 Å². The molecule has 0 radical (unpaired) electrons. The van der Waals surface area contributed by atoms with Gasteiger partial charge in [0.15, 0.2) is 0 Å². The summed E-state index contributed by atoms with van der Waals surface area (Å²) >= 11 is 0. The van der Waals surface area contributed by atoms with Gasteiger partial charge in [0, 0.05) is 26.6 Å². The molecule has 0 aromatic heterocycles. The van der Waals surface area contributed by atoms with Gasteiger partial charge in [-0.1, -0.05) is 36.8 Å². The number of carbonyl (C=O) groups is 2. The molecule has 0 aliphatic heterocycles. The van der Waals surface area contributed by atoms with Gasteiger partial charge in [0.05, 0.1) is 12.0 Å². The minimum atomic E-state index is -0.849. The van der Waals surface area contributed by atoms with Crippen molar-refractivity contribution in [1.82, 2.24) is 4.90 Å². The molecule has 1 aromatic rings. The van der Waals surface area contributed by atoms with Crippen molar-refractivity contribution in [3.8, 4) is 0 Å². The Morgan fingerprint density at radius 3 is 2.45 bits per heavy atom. The molecule has 5 nitrogen and oxygen atoms in total. The number of amides is 1. The van der Waals surface area contributed by atoms with Crippen LogP contribution < -0.4 is 0 Å². The molecule has 0 spiro atoms. The van der Waals surface area contributed by atoms with Gasteiger partial charge in [0.25, 0.3) is 0 Å². The Hall–Kier alpha value is -1.88. The number of ether oxygens (including phenoxy) is 1. The van der Waals surface area contributed by atoms with Crippen LogP contribution in [0.2, 0.25) is 0 Å². The standard InChI is InChI=1S/C17H23NO4/c1-22-11-10-18(13-14-6-3-2-4-7-14)15(19)12-17(16(20)21)8-5-9-17/h2-4,6-7H,5,8-13H2,1H3,(H,20,21). The van der Waals surface area contributed by atoms with Crippen LogP contribution in [0.5, 0.6) is 0 Å². The summed E-state index contributed by atoms with van der Waals surface area (Å²) in [6, 6.07) is 9.71. The molecule has 1 aliphatic rings. The molecule has 0 saturated heterocycles. The van der Waals surface area contributed by atoms with Crippen molar-refractivity contribution in [2.24, 2.45) is 5.41 Å². The maximum atomic E-state index is 12.6. The number of hydrogen-bond donors (Lipinski definition) is 1. The fourth-order valence-corrected chi connectivity index (χ4v) is 2.77. The molecule has 1 aliphatic carbocycles. The number of hydrogen-bond acceptors (Lipinski definition) is 3. The lowest BCUT2D eigenvalue weighted by molar-refractivity contribution is -0.159. The van der Waals surface area contributed by atoms with Gasteiger partial charge in [-0.3, -0.25) is 9.59 Å². The molecule has 1 aromatic carbocycles. The Morgan fingerprint density at radius 1 is 1.27 bits per heavy atom. The second-order valence-corrected chi connectivity index (χ2v) is 5.91. The number of nitrogens with zero attached hydrogens (tertiary/aromatic N) is 1. The highest BCUT2D eigenvalue weighted by Gasteiger charge is 2.46. The zero-order valence-corrected chi connectivity index (χ0v) is 13.0. The van der Waals surface area contributed by atoms with Gasteiger partial charge >= 0.3 is 5.97 Å². The van der Waals surface area contributed by atoms with Crippen molar-refractivity contribution in [3.05, 3.63) is 35.9 Å². The molecule has 120 valence electrons. The molecule has 0 atom stereocenters. The highest BCUT2D eigenvalue weighted by Crippen LogP contribution is 2.44. The topological polar surface area (TPSA) is 66.8 Å². The van der Waals surface area contributed by atoms with E-state index in [1.54, 1.807) is 12.0 Å². The van der Waals surface area contributed by atoms with Crippen LogP contribution in [0.25, 0.3) is 0 Å². The van der Waals surface area contributed by atoms with Gasteiger partial charge in [-0.05, 0) is 18.4 Å². The van der Waals surface area contributed by atoms with E-state index in [9.17, 15) is 14.7 Å². The molecule has 5 heteroatoms. The molecule has 1 fully saturated rings. The summed E-state index contributed by atoms with van der Waals surface area (Å²) in [6.45, 7) is 1.40. The van der Waals surface area contributed by atoms with E-state index >= 15 is 0 Å². The molecule has 0 bridgehead atoms. The van der Waals surface area contributed by atoms with Gasteiger partial charge < -0.3 is 14.7 Å². The number of carboxylic acids is 1. The Bertz CT molecular complexity index is 511. The molecule has 1 saturated carbocycles. The molecule has 2 rings (SSSR count). The number of rotatable bonds is 8. The summed E-state index contributed by atoms with van der Waals surface area (Å²) in [4.78, 5) is 25.7. The van der Waals surface area contributed by atoms with Gasteiger partial charge in [0.1, 0.15) is 0 Å². The van der Waals surface area contributed by atoms with Crippen molar-refractivity contribution in [2.45, 2.75) is 32.2 Å². The number of carbonyl (C=O) groups excluding carboxylic acids is 1. The van der Waals surface area contributed by atoms with Crippen LogP contribution in [0.3, 0.4) is 0 Å². The third kappa shape index (κ3) is 3.85. The molecule has 1 amide bonds. The first-order valence-electron chi connectivity index (χ1n) is 7.61. The smallest absolute Gasteiger partial charge is 0.310 e. The third-order valence-electron chi connectivity index (χ3n) is 4.39. The first-order valence-corrected chi connectivity index (χ1v) is 7.61. The monoisotopic (exact) mass is 305 g/mol. The van der Waals surface area contributed by atoms with E-state index in [4.69, 9.17) is 4.74 Å². The average Bonchev–Trinajstić information content (AvgIpc) is 2.47. The summed E-state index contributed by atoms with van der Waals surface area (Å²) in [6.07, 6.45) is 2.16. The van der Waals surface area contributed by atoms with E-state index in [1.807, 2.05) is 30.3 Å². The second-order valence-electron chi connectivity index (χ2n) is 5.91. The molecule has 0 unspecified atom stereocenters. The first kappa shape index (κ1) is 16.5. The molecule has 22 heavy (non-hydrogen) atoms. The van der Waals surface area contributed by atoms with Crippen LogP contribution in [-0.2, 0) is 20.9 Å². The largest absolute Gasteiger partial charge is 0.481 e. The van der Waals surface area contributed by atoms with Gasteiger partial charge in [-0.15, -0.1) is 0 Å². The highest BCUT2D eigenvalue weighted by molar-refractivity contribution is 5.85. The van der Waals surface area contributed by atoms with E-state index in [1.165, 1.54) is 0 Å². The number of methoxy groups -OCH3 is 1. The number of carboxylic acid groups (broad SMARTS) is 1. The lowest BCUT2D eigenvalue weighted by atomic mass is 9.66. The van der Waals surface area contributed by atoms with E-state index < -0.39 is 11.4 Å². The predicted octanol–water partition coefficient (Wildman–Crippen LogP) is 2.31. The van der Waals surface area contributed by atoms with Gasteiger partial charge in [-0.2, -0.15) is 0 Å². The van der Waals surface area contributed by atoms with Crippen molar-refractivity contribution in [1.29, 1.82) is 0 Å². The number of benzene rings is 1. The SMILES string of the molecule is COCCN(Cc1ccccc1)C(=O)CC1(C(=O)O)CCC1. The van der Waals surface area contributed by atoms with Crippen LogP contribution >= 0.6 is 0 Å². The summed E-state index contributed by atoms with van der Waals surface area (Å²) in [7, 11) is 1.59. The zero-order chi connectivity index (χ0) is 16.0. The quantitative estimate of drug-likeness (QED) is 0.800. The normalized spacial score (nSPS) is 15.9. The third-order valence-corrected chi connectivity index (χ3v) is 4.39. The number of aliphatic carboxylic acids is 1. The maximum Gasteiger partial charge on any atom is 0.310 e. The van der Waals surface area contributed by atoms with Crippen LogP contribution in [0.15, 0.2) is 30.3 Å². The Morgan fingerprint density at radius 2 is 1.95 bits per heavy atom. The lowest BCUT2D eigenvalue weighted by Gasteiger charge is -2.38. The molecule has 0 heterocycles. The highest BCUT2D eigenvalue weighted by atomic mass is 16.5. The van der Waals surface area contributed by atoms with Crippen molar-refractivity contribution >= 4 is 11.9 Å². The van der Waals surface area contributed by atoms with E-state index in [-0.39, 0.29) is 12.3 Å². The van der Waals surface area contributed by atoms with Gasteiger partial charge in [-0.25, -0.2) is 0 Å². The van der Waals surface area contributed by atoms with E-state index in [0.29, 0.717) is 32.5 Å². The Balaban J connectivity index is 2.04. The minimum Gasteiger partial charge on any atom is -0.481 e. The second kappa shape index (κ2) is 7.40. The van der Waals surface area contributed by atoms with Crippen molar-refractivity contribution < 1.29 is 19.4 Å². The summed E-state index contributed by atoms with van der Waals surface area (Å²) in [5.74, 6) is -0.957. The summed E-state index contributed by atoms with van der Waals surface area (Å²) in [5, 5.41) is 9.38. The van der Waals surface area contributed by atoms with Crippen LogP contribution in [-0.4, -0.2) is 42.1 Å². The summed E-state index contributed by atoms with van der Waals surface area (Å²) in [5.41, 5.74) is 0.184. The van der Waals surface area contributed by atoms with Gasteiger partial charge in [0.2, 0.25) is 5.91 Å². The average molecular weight is 305 g/mol. The molecular weight excluding hydrogens is 282 g/mol. The molecule has 1 N–H and O–H groups in total. The van der Waals surface area contributed by atoms with E-state index in [2.05, 4.69) is 0 Å². The molecular formula is C17H23NO4. The van der Waals surface area contributed by atoms with Crippen LogP contribution in [0.4, 0.5) is 0 Å². The Kier molecular flexibility index (Phi) is 5.55. The van der Waals surface area contributed by atoms with Crippen LogP contribution in [0.1, 0.15) is 31.2 Å². The van der Waals surface area contributed by atoms with Crippen molar-refractivity contribution in [2.75, 3.05) is 20.3 Å². The summed E-state index contributed by atoms with van der Waals surface area (Å²) < 4.78 is 5.07. The fraction of sp³-hybridized carbons (Fsp3) is 0.529. The van der Waals surface area contributed by atoms with E-state index in [0.717, 1.165) is 12.0 Å². The predicted molar refractivity (Wildman–Crippen MR) is 82.3 cm³/mol. The fourth-order valence-electron chi connectivity index (χ4n) is 2.77. The maximum absolute atomic E-state index is 12.6. The zero-order valence-electron chi connectivity index (χ0n) is 13.0.